The molecule has 0 atom stereocenters. The van der Waals surface area contributed by atoms with Gasteiger partial charge in [0.15, 0.2) is 0 Å². The molecule has 22 heavy (non-hydrogen) atoms. The van der Waals surface area contributed by atoms with E-state index in [4.69, 9.17) is 0 Å². The van der Waals surface area contributed by atoms with E-state index in [1.807, 2.05) is 12.1 Å². The van der Waals surface area contributed by atoms with E-state index in [1.165, 1.54) is 6.33 Å². The Hall–Kier alpha value is -2.50. The fourth-order valence-corrected chi connectivity index (χ4v) is 1.84. The van der Waals surface area contributed by atoms with Gasteiger partial charge < -0.3 is 10.6 Å². The molecular weight excluding hydrogens is 278 g/mol. The number of nitrogens with one attached hydrogen (secondary N) is 2. The summed E-state index contributed by atoms with van der Waals surface area (Å²) >= 11 is 0. The first-order valence-corrected chi connectivity index (χ1v) is 7.38. The minimum absolute atomic E-state index is 0.224. The third-order valence-electron chi connectivity index (χ3n) is 3.10. The Morgan fingerprint density at radius 3 is 2.91 bits per heavy atom. The quantitative estimate of drug-likeness (QED) is 0.819. The van der Waals surface area contributed by atoms with Crippen molar-refractivity contribution in [2.75, 3.05) is 11.9 Å². The van der Waals surface area contributed by atoms with Gasteiger partial charge >= 0.3 is 0 Å². The molecule has 0 saturated heterocycles. The first-order chi connectivity index (χ1) is 10.6. The van der Waals surface area contributed by atoms with E-state index in [0.29, 0.717) is 24.0 Å². The minimum Gasteiger partial charge on any atom is -0.370 e. The van der Waals surface area contributed by atoms with Gasteiger partial charge in [0.2, 0.25) is 0 Å². The maximum absolute atomic E-state index is 12.1. The zero-order valence-corrected chi connectivity index (χ0v) is 12.9. The van der Waals surface area contributed by atoms with Gasteiger partial charge in [-0.3, -0.25) is 9.78 Å². The summed E-state index contributed by atoms with van der Waals surface area (Å²) in [5, 5.41) is 6.02. The fourth-order valence-electron chi connectivity index (χ4n) is 1.84. The Labute approximate surface area is 130 Å². The van der Waals surface area contributed by atoms with Crippen LogP contribution in [0.2, 0.25) is 0 Å². The van der Waals surface area contributed by atoms with E-state index >= 15 is 0 Å². The summed E-state index contributed by atoms with van der Waals surface area (Å²) in [6.07, 6.45) is 5.87. The predicted octanol–water partition coefficient (Wildman–Crippen LogP) is 2.26. The molecule has 0 aromatic carbocycles. The van der Waals surface area contributed by atoms with Gasteiger partial charge in [-0.15, -0.1) is 0 Å². The van der Waals surface area contributed by atoms with E-state index in [2.05, 4.69) is 39.4 Å². The van der Waals surface area contributed by atoms with Gasteiger partial charge in [-0.1, -0.05) is 19.9 Å². The van der Waals surface area contributed by atoms with Crippen LogP contribution in [0.15, 0.2) is 36.9 Å². The number of amides is 1. The highest BCUT2D eigenvalue weighted by molar-refractivity contribution is 5.92. The molecule has 2 N–H and O–H groups in total. The first-order valence-electron chi connectivity index (χ1n) is 7.38. The lowest BCUT2D eigenvalue weighted by molar-refractivity contribution is 0.0945. The average molecular weight is 299 g/mol. The number of hydrogen-bond acceptors (Lipinski definition) is 5. The van der Waals surface area contributed by atoms with Gasteiger partial charge in [-0.05, 0) is 24.0 Å². The van der Waals surface area contributed by atoms with Crippen molar-refractivity contribution in [3.63, 3.8) is 0 Å². The second-order valence-electron chi connectivity index (χ2n) is 5.44. The number of carbonyl (C=O) groups is 1. The lowest BCUT2D eigenvalue weighted by Crippen LogP contribution is -2.24. The molecule has 2 aromatic heterocycles. The summed E-state index contributed by atoms with van der Waals surface area (Å²) in [5.74, 6) is 1.07. The Balaban J connectivity index is 1.89. The van der Waals surface area contributed by atoms with Crippen LogP contribution in [-0.2, 0) is 6.54 Å². The Morgan fingerprint density at radius 2 is 2.18 bits per heavy atom. The third-order valence-corrected chi connectivity index (χ3v) is 3.10. The smallest absolute Gasteiger partial charge is 0.270 e. The van der Waals surface area contributed by atoms with E-state index in [9.17, 15) is 4.79 Å². The van der Waals surface area contributed by atoms with Crippen LogP contribution < -0.4 is 10.6 Å². The number of aromatic nitrogens is 3. The van der Waals surface area contributed by atoms with Crippen molar-refractivity contribution in [2.24, 2.45) is 5.92 Å². The van der Waals surface area contributed by atoms with Crippen LogP contribution in [0.3, 0.4) is 0 Å². The second-order valence-corrected chi connectivity index (χ2v) is 5.44. The molecule has 0 aliphatic rings. The summed E-state index contributed by atoms with van der Waals surface area (Å²) in [7, 11) is 0. The topological polar surface area (TPSA) is 79.8 Å². The average Bonchev–Trinajstić information content (AvgIpc) is 2.53. The maximum atomic E-state index is 12.1. The molecule has 0 saturated carbocycles. The summed E-state index contributed by atoms with van der Waals surface area (Å²) < 4.78 is 0. The Morgan fingerprint density at radius 1 is 1.32 bits per heavy atom. The van der Waals surface area contributed by atoms with E-state index in [0.717, 1.165) is 18.5 Å². The summed E-state index contributed by atoms with van der Waals surface area (Å²) in [5.41, 5.74) is 1.30. The first kappa shape index (κ1) is 15.9. The van der Waals surface area contributed by atoms with Crippen LogP contribution >= 0.6 is 0 Å². The predicted molar refractivity (Wildman–Crippen MR) is 85.4 cm³/mol. The highest BCUT2D eigenvalue weighted by atomic mass is 16.1. The third kappa shape index (κ3) is 5.12. The molecular formula is C16H21N5O. The molecule has 116 valence electrons. The molecule has 0 radical (unpaired) electrons. The maximum Gasteiger partial charge on any atom is 0.270 e. The lowest BCUT2D eigenvalue weighted by Gasteiger charge is -2.09. The number of carbonyl (C=O) groups excluding carboxylic acids is 1. The summed E-state index contributed by atoms with van der Waals surface area (Å²) in [6.45, 7) is 5.58. The van der Waals surface area contributed by atoms with Crippen molar-refractivity contribution < 1.29 is 4.79 Å². The van der Waals surface area contributed by atoms with E-state index in [-0.39, 0.29) is 5.91 Å². The lowest BCUT2D eigenvalue weighted by atomic mass is 10.1. The van der Waals surface area contributed by atoms with Crippen LogP contribution in [0.4, 0.5) is 5.82 Å². The van der Waals surface area contributed by atoms with Crippen molar-refractivity contribution in [1.82, 2.24) is 20.3 Å². The number of hydrogen-bond donors (Lipinski definition) is 2. The van der Waals surface area contributed by atoms with Crippen molar-refractivity contribution in [1.29, 1.82) is 0 Å². The minimum atomic E-state index is -0.224. The van der Waals surface area contributed by atoms with Gasteiger partial charge in [0.25, 0.3) is 5.91 Å². The molecule has 6 nitrogen and oxygen atoms in total. The number of nitrogens with zero attached hydrogens (tertiary/aromatic N) is 3. The van der Waals surface area contributed by atoms with Gasteiger partial charge in [-0.2, -0.15) is 0 Å². The van der Waals surface area contributed by atoms with Gasteiger partial charge in [0.05, 0.1) is 0 Å². The van der Waals surface area contributed by atoms with Crippen LogP contribution in [0.5, 0.6) is 0 Å². The van der Waals surface area contributed by atoms with Gasteiger partial charge in [0, 0.05) is 31.5 Å². The zero-order valence-electron chi connectivity index (χ0n) is 12.9. The monoisotopic (exact) mass is 299 g/mol. The molecule has 1 amide bonds. The van der Waals surface area contributed by atoms with E-state index < -0.39 is 0 Å². The van der Waals surface area contributed by atoms with Crippen LogP contribution in [0.25, 0.3) is 0 Å². The molecule has 6 heteroatoms. The largest absolute Gasteiger partial charge is 0.370 e. The SMILES string of the molecule is CC(C)CCNc1cc(C(=O)NCc2cccnc2)ncn1. The van der Waals surface area contributed by atoms with Crippen LogP contribution in [0, 0.1) is 5.92 Å². The summed E-state index contributed by atoms with van der Waals surface area (Å²) in [4.78, 5) is 24.3. The zero-order chi connectivity index (χ0) is 15.8. The Kier molecular flexibility index (Phi) is 5.82. The molecule has 2 aromatic rings. The highest BCUT2D eigenvalue weighted by Crippen LogP contribution is 2.06. The molecule has 0 spiro atoms. The Bertz CT molecular complexity index is 600. The molecule has 2 heterocycles. The van der Waals surface area contributed by atoms with Crippen molar-refractivity contribution in [2.45, 2.75) is 26.8 Å². The molecule has 0 fully saturated rings. The normalized spacial score (nSPS) is 10.5. The molecule has 0 aliphatic carbocycles. The molecule has 0 aliphatic heterocycles. The van der Waals surface area contributed by atoms with Crippen molar-refractivity contribution in [3.8, 4) is 0 Å². The number of anilines is 1. The highest BCUT2D eigenvalue weighted by Gasteiger charge is 2.08. The van der Waals surface area contributed by atoms with E-state index in [1.54, 1.807) is 18.5 Å². The number of rotatable bonds is 7. The standard InChI is InChI=1S/C16H21N5O/c1-12(2)5-7-18-15-8-14(20-11-21-15)16(22)19-10-13-4-3-6-17-9-13/h3-4,6,8-9,11-12H,5,7,10H2,1-2H3,(H,19,22)(H,18,20,21). The van der Waals surface area contributed by atoms with Gasteiger partial charge in [0.1, 0.15) is 17.8 Å². The molecule has 2 rings (SSSR count). The van der Waals surface area contributed by atoms with Crippen LogP contribution in [0.1, 0.15) is 36.3 Å². The van der Waals surface area contributed by atoms with Crippen LogP contribution in [-0.4, -0.2) is 27.4 Å². The van der Waals surface area contributed by atoms with Crippen molar-refractivity contribution in [3.05, 3.63) is 48.2 Å². The van der Waals surface area contributed by atoms with Crippen molar-refractivity contribution >= 4 is 11.7 Å². The number of pyridine rings is 1. The fraction of sp³-hybridized carbons (Fsp3) is 0.375. The summed E-state index contributed by atoms with van der Waals surface area (Å²) in [6, 6.07) is 5.41. The molecule has 0 bridgehead atoms. The second kappa shape index (κ2) is 8.07. The molecule has 0 unspecified atom stereocenters. The van der Waals surface area contributed by atoms with Gasteiger partial charge in [-0.25, -0.2) is 9.97 Å².